The number of ether oxygens (including phenoxy) is 2. The summed E-state index contributed by atoms with van der Waals surface area (Å²) in [5.41, 5.74) is 0.638. The second-order valence-electron chi connectivity index (χ2n) is 4.93. The van der Waals surface area contributed by atoms with Crippen LogP contribution in [0.3, 0.4) is 0 Å². The summed E-state index contributed by atoms with van der Waals surface area (Å²) in [5.74, 6) is -0.109. The molecule has 0 saturated heterocycles. The van der Waals surface area contributed by atoms with Gasteiger partial charge in [-0.05, 0) is 42.8 Å². The number of methoxy groups -OCH3 is 1. The molecule has 2 aromatic carbocycles. The molecule has 0 heterocycles. The maximum Gasteiger partial charge on any atom is 0.258 e. The van der Waals surface area contributed by atoms with E-state index in [-0.39, 0.29) is 24.3 Å². The van der Waals surface area contributed by atoms with E-state index < -0.39 is 5.82 Å². The van der Waals surface area contributed by atoms with Crippen LogP contribution in [0.4, 0.5) is 4.39 Å². The van der Waals surface area contributed by atoms with E-state index in [0.29, 0.717) is 16.3 Å². The summed E-state index contributed by atoms with van der Waals surface area (Å²) in [4.78, 5) is 11.9. The predicted molar refractivity (Wildman–Crippen MR) is 86.5 cm³/mol. The van der Waals surface area contributed by atoms with Gasteiger partial charge in [-0.15, -0.1) is 0 Å². The second-order valence-corrected chi connectivity index (χ2v) is 5.37. The first kappa shape index (κ1) is 17.1. The Balaban J connectivity index is 1.90. The third-order valence-corrected chi connectivity index (χ3v) is 3.45. The Bertz CT molecular complexity index is 693. The van der Waals surface area contributed by atoms with Crippen molar-refractivity contribution in [2.75, 3.05) is 13.7 Å². The molecule has 1 N–H and O–H groups in total. The van der Waals surface area contributed by atoms with Crippen molar-refractivity contribution in [3.05, 3.63) is 58.9 Å². The average Bonchev–Trinajstić information content (AvgIpc) is 2.53. The number of halogens is 2. The lowest BCUT2D eigenvalue weighted by Gasteiger charge is -2.15. The van der Waals surface area contributed by atoms with Crippen LogP contribution in [0.1, 0.15) is 18.5 Å². The molecule has 23 heavy (non-hydrogen) atoms. The minimum absolute atomic E-state index is 0.149. The first-order valence-electron chi connectivity index (χ1n) is 7.00. The molecule has 0 aromatic heterocycles. The van der Waals surface area contributed by atoms with Crippen molar-refractivity contribution in [1.82, 2.24) is 5.32 Å². The van der Waals surface area contributed by atoms with Crippen molar-refractivity contribution in [3.63, 3.8) is 0 Å². The van der Waals surface area contributed by atoms with Crippen LogP contribution in [0, 0.1) is 5.82 Å². The van der Waals surface area contributed by atoms with Gasteiger partial charge < -0.3 is 14.8 Å². The van der Waals surface area contributed by atoms with Crippen molar-refractivity contribution in [1.29, 1.82) is 0 Å². The van der Waals surface area contributed by atoms with Gasteiger partial charge in [0.15, 0.2) is 18.2 Å². The van der Waals surface area contributed by atoms with E-state index in [2.05, 4.69) is 5.32 Å². The van der Waals surface area contributed by atoms with Crippen LogP contribution < -0.4 is 14.8 Å². The average molecular weight is 338 g/mol. The molecule has 2 rings (SSSR count). The topological polar surface area (TPSA) is 47.6 Å². The van der Waals surface area contributed by atoms with Gasteiger partial charge >= 0.3 is 0 Å². The van der Waals surface area contributed by atoms with E-state index in [1.807, 2.05) is 0 Å². The van der Waals surface area contributed by atoms with Gasteiger partial charge in [-0.1, -0.05) is 23.7 Å². The van der Waals surface area contributed by atoms with Crippen molar-refractivity contribution in [3.8, 4) is 11.5 Å². The Hall–Kier alpha value is -2.27. The van der Waals surface area contributed by atoms with E-state index in [1.165, 1.54) is 19.2 Å². The summed E-state index contributed by atoms with van der Waals surface area (Å²) in [7, 11) is 1.40. The molecule has 6 heteroatoms. The van der Waals surface area contributed by atoms with E-state index in [0.717, 1.165) is 0 Å². The Morgan fingerprint density at radius 3 is 2.74 bits per heavy atom. The summed E-state index contributed by atoms with van der Waals surface area (Å²) in [5, 5.41) is 3.27. The number of carbonyl (C=O) groups is 1. The first-order valence-corrected chi connectivity index (χ1v) is 7.38. The molecule has 4 nitrogen and oxygen atoms in total. The number of benzene rings is 2. The summed E-state index contributed by atoms with van der Waals surface area (Å²) < 4.78 is 23.9. The molecule has 0 saturated carbocycles. The van der Waals surface area contributed by atoms with Gasteiger partial charge in [-0.25, -0.2) is 4.39 Å². The number of rotatable bonds is 6. The third-order valence-electron chi connectivity index (χ3n) is 3.22. The standard InChI is InChI=1S/C17H17ClFNO3/c1-11(12-6-7-16(22-2)15(19)8-12)20-17(21)10-23-14-5-3-4-13(18)9-14/h3-9,11H,10H2,1-2H3,(H,20,21)/t11-/m1/s1. The molecular formula is C17H17ClFNO3. The molecule has 0 aliphatic carbocycles. The highest BCUT2D eigenvalue weighted by Crippen LogP contribution is 2.22. The molecule has 122 valence electrons. The quantitative estimate of drug-likeness (QED) is 0.873. The maximum atomic E-state index is 13.7. The number of carbonyl (C=O) groups excluding carboxylic acids is 1. The Labute approximate surface area is 139 Å². The molecule has 1 atom stereocenters. The molecule has 1 amide bonds. The van der Waals surface area contributed by atoms with E-state index in [9.17, 15) is 9.18 Å². The Morgan fingerprint density at radius 2 is 2.09 bits per heavy atom. The number of nitrogens with one attached hydrogen (secondary N) is 1. The van der Waals surface area contributed by atoms with Gasteiger partial charge in [0.1, 0.15) is 5.75 Å². The molecule has 0 bridgehead atoms. The van der Waals surface area contributed by atoms with Crippen molar-refractivity contribution in [2.45, 2.75) is 13.0 Å². The third kappa shape index (κ3) is 4.86. The first-order chi connectivity index (χ1) is 11.0. The van der Waals surface area contributed by atoms with Crippen molar-refractivity contribution in [2.24, 2.45) is 0 Å². The summed E-state index contributed by atoms with van der Waals surface area (Å²) in [6, 6.07) is 11.0. The normalized spacial score (nSPS) is 11.7. The van der Waals surface area contributed by atoms with Gasteiger partial charge in [0.2, 0.25) is 0 Å². The van der Waals surface area contributed by atoms with Crippen LogP contribution in [0.5, 0.6) is 11.5 Å². The van der Waals surface area contributed by atoms with Crippen LogP contribution >= 0.6 is 11.6 Å². The zero-order valence-corrected chi connectivity index (χ0v) is 13.6. The zero-order chi connectivity index (χ0) is 16.8. The fourth-order valence-electron chi connectivity index (χ4n) is 2.02. The fraction of sp³-hybridized carbons (Fsp3) is 0.235. The van der Waals surface area contributed by atoms with Gasteiger partial charge in [-0.3, -0.25) is 4.79 Å². The lowest BCUT2D eigenvalue weighted by atomic mass is 10.1. The minimum atomic E-state index is -0.471. The van der Waals surface area contributed by atoms with Crippen LogP contribution in [-0.4, -0.2) is 19.6 Å². The lowest BCUT2D eigenvalue weighted by Crippen LogP contribution is -2.31. The number of hydrogen-bond acceptors (Lipinski definition) is 3. The minimum Gasteiger partial charge on any atom is -0.494 e. The van der Waals surface area contributed by atoms with Gasteiger partial charge in [0, 0.05) is 5.02 Å². The second kappa shape index (κ2) is 7.83. The fourth-order valence-corrected chi connectivity index (χ4v) is 2.20. The SMILES string of the molecule is COc1ccc([C@@H](C)NC(=O)COc2cccc(Cl)c2)cc1F. The predicted octanol–water partition coefficient (Wildman–Crippen LogP) is 3.74. The Morgan fingerprint density at radius 1 is 1.30 bits per heavy atom. The van der Waals surface area contributed by atoms with E-state index in [1.54, 1.807) is 37.3 Å². The maximum absolute atomic E-state index is 13.7. The number of amides is 1. The van der Waals surface area contributed by atoms with Crippen LogP contribution in [-0.2, 0) is 4.79 Å². The monoisotopic (exact) mass is 337 g/mol. The summed E-state index contributed by atoms with van der Waals surface area (Å²) >= 11 is 5.84. The van der Waals surface area contributed by atoms with E-state index >= 15 is 0 Å². The van der Waals surface area contributed by atoms with Gasteiger partial charge in [-0.2, -0.15) is 0 Å². The van der Waals surface area contributed by atoms with Crippen LogP contribution in [0.15, 0.2) is 42.5 Å². The van der Waals surface area contributed by atoms with E-state index in [4.69, 9.17) is 21.1 Å². The molecule has 0 fully saturated rings. The summed E-state index contributed by atoms with van der Waals surface area (Å²) in [6.07, 6.45) is 0. The molecule has 0 unspecified atom stereocenters. The van der Waals surface area contributed by atoms with Crippen molar-refractivity contribution >= 4 is 17.5 Å². The largest absolute Gasteiger partial charge is 0.494 e. The van der Waals surface area contributed by atoms with Gasteiger partial charge in [0.05, 0.1) is 13.2 Å². The van der Waals surface area contributed by atoms with Crippen LogP contribution in [0.2, 0.25) is 5.02 Å². The highest BCUT2D eigenvalue weighted by Gasteiger charge is 2.12. The van der Waals surface area contributed by atoms with Crippen molar-refractivity contribution < 1.29 is 18.7 Å². The number of hydrogen-bond donors (Lipinski definition) is 1. The lowest BCUT2D eigenvalue weighted by molar-refractivity contribution is -0.123. The summed E-state index contributed by atoms with van der Waals surface area (Å²) in [6.45, 7) is 1.61. The molecule has 0 spiro atoms. The Kier molecular flexibility index (Phi) is 5.82. The molecule has 2 aromatic rings. The smallest absolute Gasteiger partial charge is 0.258 e. The zero-order valence-electron chi connectivity index (χ0n) is 12.8. The molecule has 0 radical (unpaired) electrons. The van der Waals surface area contributed by atoms with Gasteiger partial charge in [0.25, 0.3) is 5.91 Å². The highest BCUT2D eigenvalue weighted by atomic mass is 35.5. The van der Waals surface area contributed by atoms with Crippen LogP contribution in [0.25, 0.3) is 0 Å². The highest BCUT2D eigenvalue weighted by molar-refractivity contribution is 6.30. The molecule has 0 aliphatic heterocycles. The molecular weight excluding hydrogens is 321 g/mol. The molecule has 0 aliphatic rings.